The van der Waals surface area contributed by atoms with E-state index in [9.17, 15) is 13.2 Å². The minimum absolute atomic E-state index is 0.233. The fourth-order valence-corrected chi connectivity index (χ4v) is 1.88. The second-order valence-corrected chi connectivity index (χ2v) is 4.68. The van der Waals surface area contributed by atoms with Crippen LogP contribution in [0.25, 0.3) is 6.08 Å². The van der Waals surface area contributed by atoms with Crippen LogP contribution in [0.3, 0.4) is 0 Å². The number of hydrogen-bond donors (Lipinski definition) is 0. The first kappa shape index (κ1) is 15.1. The molecule has 1 aromatic rings. The van der Waals surface area contributed by atoms with Crippen molar-refractivity contribution >= 4 is 22.0 Å². The quantitative estimate of drug-likeness (QED) is 0.747. The van der Waals surface area contributed by atoms with Gasteiger partial charge < -0.3 is 4.74 Å². The number of ether oxygens (including phenoxy) is 1. The van der Waals surface area contributed by atoms with Crippen molar-refractivity contribution in [2.24, 2.45) is 0 Å². The van der Waals surface area contributed by atoms with Crippen molar-refractivity contribution in [3.8, 4) is 5.75 Å². The Hall–Kier alpha value is -0.970. The Balaban J connectivity index is 3.07. The molecule has 1 aromatic carbocycles. The lowest BCUT2D eigenvalue weighted by atomic mass is 10.1. The summed E-state index contributed by atoms with van der Waals surface area (Å²) in [5.41, 5.74) is 1.55. The molecule has 0 aliphatic heterocycles. The average Bonchev–Trinajstić information content (AvgIpc) is 2.27. The lowest BCUT2D eigenvalue weighted by Gasteiger charge is -2.14. The van der Waals surface area contributed by atoms with Gasteiger partial charge in [0.2, 0.25) is 0 Å². The number of halogens is 4. The van der Waals surface area contributed by atoms with Crippen LogP contribution < -0.4 is 4.74 Å². The van der Waals surface area contributed by atoms with Gasteiger partial charge in [-0.1, -0.05) is 25.1 Å². The Bertz CT molecular complexity index is 439. The smallest absolute Gasteiger partial charge is 0.422 e. The average molecular weight is 323 g/mol. The molecule has 1 nitrogen and oxygen atoms in total. The van der Waals surface area contributed by atoms with Crippen LogP contribution in [0.5, 0.6) is 5.75 Å². The summed E-state index contributed by atoms with van der Waals surface area (Å²) in [6, 6.07) is 3.52. The lowest BCUT2D eigenvalue weighted by molar-refractivity contribution is -0.153. The van der Waals surface area contributed by atoms with Gasteiger partial charge in [0.1, 0.15) is 5.75 Å². The molecule has 0 amide bonds. The molecule has 1 rings (SSSR count). The van der Waals surface area contributed by atoms with E-state index < -0.39 is 12.8 Å². The first-order valence-corrected chi connectivity index (χ1v) is 6.29. The standard InChI is InChI=1S/C13H14BrF3O/c1-3-4-5-10-9(2)6-7-11(14)12(10)18-8-13(15,16)17/h4-7H,3,8H2,1-2H3/b5-4+. The Morgan fingerprint density at radius 2 is 2.00 bits per heavy atom. The molecule has 0 radical (unpaired) electrons. The van der Waals surface area contributed by atoms with Crippen LogP contribution in [-0.2, 0) is 0 Å². The SMILES string of the molecule is CC/C=C/c1c(C)ccc(Br)c1OCC(F)(F)F. The summed E-state index contributed by atoms with van der Waals surface area (Å²) in [5.74, 6) is 0.233. The third-order valence-corrected chi connectivity index (χ3v) is 2.89. The van der Waals surface area contributed by atoms with Crippen molar-refractivity contribution in [2.45, 2.75) is 26.4 Å². The second-order valence-electron chi connectivity index (χ2n) is 3.82. The van der Waals surface area contributed by atoms with Crippen LogP contribution in [-0.4, -0.2) is 12.8 Å². The number of alkyl halides is 3. The molecule has 0 heterocycles. The molecule has 100 valence electrons. The second kappa shape index (κ2) is 6.27. The van der Waals surface area contributed by atoms with Crippen molar-refractivity contribution in [1.29, 1.82) is 0 Å². The van der Waals surface area contributed by atoms with Gasteiger partial charge in [-0.2, -0.15) is 13.2 Å². The topological polar surface area (TPSA) is 9.23 Å². The number of aryl methyl sites for hydroxylation is 1. The molecule has 0 unspecified atom stereocenters. The van der Waals surface area contributed by atoms with Gasteiger partial charge in [0.15, 0.2) is 6.61 Å². The molecule has 0 aliphatic carbocycles. The van der Waals surface area contributed by atoms with E-state index in [0.29, 0.717) is 10.0 Å². The molecular weight excluding hydrogens is 309 g/mol. The summed E-state index contributed by atoms with van der Waals surface area (Å²) < 4.78 is 42.0. The maximum absolute atomic E-state index is 12.2. The summed E-state index contributed by atoms with van der Waals surface area (Å²) in [7, 11) is 0. The molecule has 0 saturated carbocycles. The first-order valence-electron chi connectivity index (χ1n) is 5.50. The fourth-order valence-electron chi connectivity index (χ4n) is 1.41. The van der Waals surface area contributed by atoms with E-state index in [0.717, 1.165) is 12.0 Å². The van der Waals surface area contributed by atoms with Gasteiger partial charge in [0.05, 0.1) is 4.47 Å². The highest BCUT2D eigenvalue weighted by Crippen LogP contribution is 2.33. The zero-order chi connectivity index (χ0) is 13.8. The van der Waals surface area contributed by atoms with Gasteiger partial charge >= 0.3 is 6.18 Å². The normalized spacial score (nSPS) is 12.1. The summed E-state index contributed by atoms with van der Waals surface area (Å²) >= 11 is 3.21. The van der Waals surface area contributed by atoms with E-state index in [4.69, 9.17) is 4.74 Å². The molecule has 0 aliphatic rings. The molecule has 0 aromatic heterocycles. The van der Waals surface area contributed by atoms with Crippen molar-refractivity contribution in [3.63, 3.8) is 0 Å². The zero-order valence-corrected chi connectivity index (χ0v) is 11.7. The van der Waals surface area contributed by atoms with Crippen molar-refractivity contribution in [2.75, 3.05) is 6.61 Å². The summed E-state index contributed by atoms with van der Waals surface area (Å²) in [4.78, 5) is 0. The highest BCUT2D eigenvalue weighted by Gasteiger charge is 2.29. The monoisotopic (exact) mass is 322 g/mol. The molecule has 0 saturated heterocycles. The first-order chi connectivity index (χ1) is 8.35. The fraction of sp³-hybridized carbons (Fsp3) is 0.385. The summed E-state index contributed by atoms with van der Waals surface area (Å²) in [6.45, 7) is 2.50. The van der Waals surface area contributed by atoms with Gasteiger partial charge in [-0.05, 0) is 40.9 Å². The summed E-state index contributed by atoms with van der Waals surface area (Å²) in [5, 5.41) is 0. The number of allylic oxidation sites excluding steroid dienone is 1. The van der Waals surface area contributed by atoms with Crippen LogP contribution in [0.1, 0.15) is 24.5 Å². The van der Waals surface area contributed by atoms with E-state index in [-0.39, 0.29) is 5.75 Å². The lowest BCUT2D eigenvalue weighted by Crippen LogP contribution is -2.19. The van der Waals surface area contributed by atoms with E-state index in [1.54, 1.807) is 12.1 Å². The van der Waals surface area contributed by atoms with Gasteiger partial charge in [-0.15, -0.1) is 0 Å². The summed E-state index contributed by atoms with van der Waals surface area (Å²) in [6.07, 6.45) is 0.139. The van der Waals surface area contributed by atoms with Crippen molar-refractivity contribution in [1.82, 2.24) is 0 Å². The maximum atomic E-state index is 12.2. The van der Waals surface area contributed by atoms with Gasteiger partial charge in [-0.3, -0.25) is 0 Å². The molecule has 0 fully saturated rings. The number of rotatable bonds is 4. The molecular formula is C13H14BrF3O. The molecule has 5 heteroatoms. The van der Waals surface area contributed by atoms with Crippen molar-refractivity contribution < 1.29 is 17.9 Å². The van der Waals surface area contributed by atoms with Crippen molar-refractivity contribution in [3.05, 3.63) is 33.8 Å². The Kier molecular flexibility index (Phi) is 5.26. The molecule has 18 heavy (non-hydrogen) atoms. The van der Waals surface area contributed by atoms with E-state index in [1.165, 1.54) is 0 Å². The van der Waals surface area contributed by atoms with Crippen LogP contribution in [0.15, 0.2) is 22.7 Å². The van der Waals surface area contributed by atoms with Crippen LogP contribution in [0.4, 0.5) is 13.2 Å². The Labute approximate surface area is 113 Å². The predicted molar refractivity (Wildman–Crippen MR) is 69.8 cm³/mol. The predicted octanol–water partition coefficient (Wildman–Crippen LogP) is 5.12. The minimum Gasteiger partial charge on any atom is -0.482 e. The van der Waals surface area contributed by atoms with E-state index >= 15 is 0 Å². The van der Waals surface area contributed by atoms with E-state index in [1.807, 2.05) is 26.0 Å². The Morgan fingerprint density at radius 1 is 1.33 bits per heavy atom. The third kappa shape index (κ3) is 4.37. The molecule has 0 N–H and O–H groups in total. The largest absolute Gasteiger partial charge is 0.482 e. The van der Waals surface area contributed by atoms with Crippen LogP contribution >= 0.6 is 15.9 Å². The highest BCUT2D eigenvalue weighted by molar-refractivity contribution is 9.10. The van der Waals surface area contributed by atoms with Gasteiger partial charge in [0.25, 0.3) is 0 Å². The van der Waals surface area contributed by atoms with E-state index in [2.05, 4.69) is 15.9 Å². The molecule has 0 atom stereocenters. The molecule has 0 bridgehead atoms. The number of hydrogen-bond acceptors (Lipinski definition) is 1. The van der Waals surface area contributed by atoms with Crippen LogP contribution in [0, 0.1) is 6.92 Å². The maximum Gasteiger partial charge on any atom is 0.422 e. The van der Waals surface area contributed by atoms with Gasteiger partial charge in [-0.25, -0.2) is 0 Å². The third-order valence-electron chi connectivity index (χ3n) is 2.27. The minimum atomic E-state index is -4.34. The van der Waals surface area contributed by atoms with Gasteiger partial charge in [0, 0.05) is 5.56 Å². The molecule has 0 spiro atoms. The van der Waals surface area contributed by atoms with Crippen LogP contribution in [0.2, 0.25) is 0 Å². The highest BCUT2D eigenvalue weighted by atomic mass is 79.9. The zero-order valence-electron chi connectivity index (χ0n) is 10.1. The number of benzene rings is 1. The Morgan fingerprint density at radius 3 is 2.56 bits per heavy atom.